The Balaban J connectivity index is 1.41. The molecule has 1 N–H and O–H groups in total. The number of hydrogen-bond acceptors (Lipinski definition) is 4. The van der Waals surface area contributed by atoms with Gasteiger partial charge in [0, 0.05) is 29.2 Å². The lowest BCUT2D eigenvalue weighted by atomic mass is 10.0. The number of nitrogens with zero attached hydrogens (tertiary/aromatic N) is 1. The highest BCUT2D eigenvalue weighted by molar-refractivity contribution is 7.10. The van der Waals surface area contributed by atoms with Gasteiger partial charge in [-0.1, -0.05) is 23.8 Å². The molecule has 30 heavy (non-hydrogen) atoms. The van der Waals surface area contributed by atoms with E-state index in [9.17, 15) is 9.59 Å². The van der Waals surface area contributed by atoms with Crippen LogP contribution in [0.15, 0.2) is 53.9 Å². The second-order valence-corrected chi connectivity index (χ2v) is 8.47. The van der Waals surface area contributed by atoms with Crippen LogP contribution in [0.1, 0.15) is 31.9 Å². The number of benzene rings is 2. The largest absolute Gasteiger partial charge is 0.484 e. The Labute approximate surface area is 180 Å². The minimum Gasteiger partial charge on any atom is -0.484 e. The monoisotopic (exact) mass is 420 g/mol. The number of rotatable bonds is 5. The molecule has 0 saturated heterocycles. The van der Waals surface area contributed by atoms with Crippen LogP contribution in [0, 0.1) is 13.8 Å². The van der Waals surface area contributed by atoms with Gasteiger partial charge in [0.1, 0.15) is 5.75 Å². The molecular weight excluding hydrogens is 396 g/mol. The molecular formula is C24H24N2O3S. The fourth-order valence-electron chi connectivity index (χ4n) is 3.56. The SMILES string of the molecule is Cc1ccc(OCC(=O)Nc2cccc(C(=O)N3CCc4sccc4C3)c2C)cc1. The molecule has 0 aliphatic carbocycles. The first-order valence-corrected chi connectivity index (χ1v) is 10.8. The summed E-state index contributed by atoms with van der Waals surface area (Å²) in [4.78, 5) is 28.7. The zero-order valence-electron chi connectivity index (χ0n) is 17.1. The van der Waals surface area contributed by atoms with Crippen LogP contribution in [0.5, 0.6) is 5.75 Å². The predicted octanol–water partition coefficient (Wildman–Crippen LogP) is 4.58. The van der Waals surface area contributed by atoms with Crippen LogP contribution in [0.2, 0.25) is 0 Å². The van der Waals surface area contributed by atoms with E-state index in [2.05, 4.69) is 16.8 Å². The summed E-state index contributed by atoms with van der Waals surface area (Å²) in [6, 6.07) is 15.1. The lowest BCUT2D eigenvalue weighted by molar-refractivity contribution is -0.118. The van der Waals surface area contributed by atoms with Crippen LogP contribution in [-0.2, 0) is 17.8 Å². The zero-order chi connectivity index (χ0) is 21.1. The van der Waals surface area contributed by atoms with Gasteiger partial charge in [0.2, 0.25) is 0 Å². The number of thiophene rings is 1. The number of hydrogen-bond donors (Lipinski definition) is 1. The number of amides is 2. The molecule has 5 nitrogen and oxygen atoms in total. The predicted molar refractivity (Wildman–Crippen MR) is 119 cm³/mol. The second kappa shape index (κ2) is 8.71. The molecule has 1 aliphatic heterocycles. The number of fused-ring (bicyclic) bond motifs is 1. The maximum absolute atomic E-state index is 13.1. The molecule has 0 radical (unpaired) electrons. The Morgan fingerprint density at radius 2 is 1.90 bits per heavy atom. The summed E-state index contributed by atoms with van der Waals surface area (Å²) in [6.07, 6.45) is 0.893. The number of ether oxygens (including phenoxy) is 1. The Morgan fingerprint density at radius 3 is 2.70 bits per heavy atom. The lowest BCUT2D eigenvalue weighted by Gasteiger charge is -2.28. The third-order valence-electron chi connectivity index (χ3n) is 5.32. The van der Waals surface area contributed by atoms with Crippen molar-refractivity contribution in [3.05, 3.63) is 81.0 Å². The van der Waals surface area contributed by atoms with Crippen molar-refractivity contribution in [1.29, 1.82) is 0 Å². The second-order valence-electron chi connectivity index (χ2n) is 7.47. The molecule has 0 saturated carbocycles. The number of aryl methyl sites for hydroxylation is 1. The fraction of sp³-hybridized carbons (Fsp3) is 0.250. The van der Waals surface area contributed by atoms with E-state index in [4.69, 9.17) is 4.74 Å². The minimum absolute atomic E-state index is 0.00338. The molecule has 2 amide bonds. The maximum Gasteiger partial charge on any atom is 0.262 e. The van der Waals surface area contributed by atoms with Crippen LogP contribution in [0.4, 0.5) is 5.69 Å². The van der Waals surface area contributed by atoms with E-state index in [1.807, 2.05) is 55.1 Å². The van der Waals surface area contributed by atoms with Gasteiger partial charge in [-0.3, -0.25) is 9.59 Å². The first kappa shape index (κ1) is 20.2. The van der Waals surface area contributed by atoms with Gasteiger partial charge in [-0.05, 0) is 67.1 Å². The van der Waals surface area contributed by atoms with Crippen molar-refractivity contribution in [2.45, 2.75) is 26.8 Å². The summed E-state index contributed by atoms with van der Waals surface area (Å²) >= 11 is 1.75. The number of anilines is 1. The summed E-state index contributed by atoms with van der Waals surface area (Å²) in [5.74, 6) is 0.384. The Kier molecular flexibility index (Phi) is 5.86. The molecule has 0 bridgehead atoms. The third kappa shape index (κ3) is 4.39. The van der Waals surface area contributed by atoms with Crippen LogP contribution < -0.4 is 10.1 Å². The number of carbonyl (C=O) groups excluding carboxylic acids is 2. The highest BCUT2D eigenvalue weighted by Gasteiger charge is 2.24. The fourth-order valence-corrected chi connectivity index (χ4v) is 4.45. The summed E-state index contributed by atoms with van der Waals surface area (Å²) in [6.45, 7) is 5.12. The van der Waals surface area contributed by atoms with E-state index < -0.39 is 0 Å². The van der Waals surface area contributed by atoms with E-state index in [0.29, 0.717) is 30.1 Å². The number of carbonyl (C=O) groups is 2. The average molecular weight is 421 g/mol. The molecule has 154 valence electrons. The quantitative estimate of drug-likeness (QED) is 0.657. The molecule has 1 aliphatic rings. The standard InChI is InChI=1S/C24H24N2O3S/c1-16-6-8-19(9-7-16)29-15-23(27)25-21-5-3-4-20(17(21)2)24(28)26-12-10-22-18(14-26)11-13-30-22/h3-9,11,13H,10,12,14-15H2,1-2H3,(H,25,27). The van der Waals surface area contributed by atoms with Crippen LogP contribution in [0.3, 0.4) is 0 Å². The normalized spacial score (nSPS) is 12.9. The number of nitrogens with one attached hydrogen (secondary N) is 1. The Bertz CT molecular complexity index is 1070. The van der Waals surface area contributed by atoms with Crippen molar-refractivity contribution >= 4 is 28.8 Å². The summed E-state index contributed by atoms with van der Waals surface area (Å²) in [5, 5.41) is 4.95. The van der Waals surface area contributed by atoms with E-state index in [0.717, 1.165) is 17.5 Å². The molecule has 0 atom stereocenters. The van der Waals surface area contributed by atoms with Gasteiger partial charge in [0.15, 0.2) is 6.61 Å². The van der Waals surface area contributed by atoms with Crippen LogP contribution in [0.25, 0.3) is 0 Å². The van der Waals surface area contributed by atoms with E-state index >= 15 is 0 Å². The zero-order valence-corrected chi connectivity index (χ0v) is 17.9. The molecule has 2 aromatic carbocycles. The lowest BCUT2D eigenvalue weighted by Crippen LogP contribution is -2.35. The molecule has 1 aromatic heterocycles. The van der Waals surface area contributed by atoms with E-state index in [1.54, 1.807) is 17.4 Å². The van der Waals surface area contributed by atoms with Crippen molar-refractivity contribution < 1.29 is 14.3 Å². The molecule has 2 heterocycles. The van der Waals surface area contributed by atoms with Crippen molar-refractivity contribution in [3.63, 3.8) is 0 Å². The molecule has 6 heteroatoms. The minimum atomic E-state index is -0.260. The van der Waals surface area contributed by atoms with Crippen LogP contribution >= 0.6 is 11.3 Å². The van der Waals surface area contributed by atoms with Gasteiger partial charge < -0.3 is 15.0 Å². The van der Waals surface area contributed by atoms with Gasteiger partial charge in [-0.25, -0.2) is 0 Å². The highest BCUT2D eigenvalue weighted by Crippen LogP contribution is 2.27. The van der Waals surface area contributed by atoms with Crippen molar-refractivity contribution in [2.24, 2.45) is 0 Å². The van der Waals surface area contributed by atoms with E-state index in [1.165, 1.54) is 10.4 Å². The first-order chi connectivity index (χ1) is 14.5. The van der Waals surface area contributed by atoms with Crippen molar-refractivity contribution in [2.75, 3.05) is 18.5 Å². The topological polar surface area (TPSA) is 58.6 Å². The van der Waals surface area contributed by atoms with Gasteiger partial charge >= 0.3 is 0 Å². The first-order valence-electron chi connectivity index (χ1n) is 9.94. The summed E-state index contributed by atoms with van der Waals surface area (Å²) < 4.78 is 5.55. The summed E-state index contributed by atoms with van der Waals surface area (Å²) in [5.41, 5.74) is 4.38. The van der Waals surface area contributed by atoms with Gasteiger partial charge in [0.25, 0.3) is 11.8 Å². The molecule has 0 fully saturated rings. The Hall–Kier alpha value is -3.12. The maximum atomic E-state index is 13.1. The molecule has 3 aromatic rings. The molecule has 0 spiro atoms. The van der Waals surface area contributed by atoms with Gasteiger partial charge in [-0.2, -0.15) is 0 Å². The van der Waals surface area contributed by atoms with Crippen molar-refractivity contribution in [1.82, 2.24) is 4.90 Å². The Morgan fingerprint density at radius 1 is 1.10 bits per heavy atom. The third-order valence-corrected chi connectivity index (χ3v) is 6.35. The van der Waals surface area contributed by atoms with E-state index in [-0.39, 0.29) is 18.4 Å². The van der Waals surface area contributed by atoms with Gasteiger partial charge in [-0.15, -0.1) is 11.3 Å². The van der Waals surface area contributed by atoms with Crippen LogP contribution in [-0.4, -0.2) is 29.9 Å². The van der Waals surface area contributed by atoms with Crippen molar-refractivity contribution in [3.8, 4) is 5.75 Å². The highest BCUT2D eigenvalue weighted by atomic mass is 32.1. The summed E-state index contributed by atoms with van der Waals surface area (Å²) in [7, 11) is 0. The average Bonchev–Trinajstić information content (AvgIpc) is 3.22. The molecule has 4 rings (SSSR count). The smallest absolute Gasteiger partial charge is 0.262 e. The molecule has 0 unspecified atom stereocenters. The van der Waals surface area contributed by atoms with Gasteiger partial charge in [0.05, 0.1) is 0 Å².